The normalized spacial score (nSPS) is 15.0. The molecule has 0 aromatic carbocycles. The highest BCUT2D eigenvalue weighted by molar-refractivity contribution is 14.0. The summed E-state index contributed by atoms with van der Waals surface area (Å²) in [6.45, 7) is 9.63. The van der Waals surface area contributed by atoms with Crippen molar-refractivity contribution in [3.63, 3.8) is 0 Å². The zero-order valence-electron chi connectivity index (χ0n) is 15.4. The third-order valence-electron chi connectivity index (χ3n) is 4.16. The first-order chi connectivity index (χ1) is 11.6. The standard InChI is InChI=1S/C16H27N5O3.HI/c1-5-23-16(22)21-10-8-20(9-11-21)15(17-4)18-7-6-14-12(2)19-24-13(14)3;/h5-11H2,1-4H3,(H,17,18);1H. The number of aliphatic imine (C=N–C) groups is 1. The van der Waals surface area contributed by atoms with Crippen LogP contribution in [0.25, 0.3) is 0 Å². The fraction of sp³-hybridized carbons (Fsp3) is 0.688. The van der Waals surface area contributed by atoms with Crippen LogP contribution in [0.3, 0.4) is 0 Å². The average molecular weight is 465 g/mol. The topological polar surface area (TPSA) is 83.2 Å². The van der Waals surface area contributed by atoms with E-state index >= 15 is 0 Å². The number of aryl methyl sites for hydroxylation is 2. The number of halogens is 1. The van der Waals surface area contributed by atoms with Crippen molar-refractivity contribution < 1.29 is 14.1 Å². The maximum Gasteiger partial charge on any atom is 0.409 e. The Balaban J connectivity index is 0.00000312. The minimum atomic E-state index is -0.237. The number of aromatic nitrogens is 1. The first-order valence-electron chi connectivity index (χ1n) is 8.35. The lowest BCUT2D eigenvalue weighted by atomic mass is 10.1. The summed E-state index contributed by atoms with van der Waals surface area (Å²) in [5.41, 5.74) is 2.08. The van der Waals surface area contributed by atoms with Crippen molar-refractivity contribution in [1.29, 1.82) is 0 Å². The molecule has 0 atom stereocenters. The molecule has 0 bridgehead atoms. The average Bonchev–Trinajstić information content (AvgIpc) is 2.91. The number of hydrogen-bond donors (Lipinski definition) is 1. The predicted octanol–water partition coefficient (Wildman–Crippen LogP) is 1.80. The van der Waals surface area contributed by atoms with Crippen LogP contribution in [0.5, 0.6) is 0 Å². The number of nitrogens with zero attached hydrogens (tertiary/aromatic N) is 4. The van der Waals surface area contributed by atoms with Gasteiger partial charge in [-0.05, 0) is 27.2 Å². The Morgan fingerprint density at radius 3 is 2.44 bits per heavy atom. The minimum absolute atomic E-state index is 0. The monoisotopic (exact) mass is 465 g/mol. The smallest absolute Gasteiger partial charge is 0.409 e. The van der Waals surface area contributed by atoms with Crippen LogP contribution in [0.1, 0.15) is 23.9 Å². The lowest BCUT2D eigenvalue weighted by molar-refractivity contribution is 0.0915. The molecule has 2 heterocycles. The summed E-state index contributed by atoms with van der Waals surface area (Å²) >= 11 is 0. The van der Waals surface area contributed by atoms with Crippen molar-refractivity contribution in [3.8, 4) is 0 Å². The predicted molar refractivity (Wildman–Crippen MR) is 107 cm³/mol. The van der Waals surface area contributed by atoms with Crippen LogP contribution in [0, 0.1) is 13.8 Å². The molecule has 1 N–H and O–H groups in total. The Bertz CT molecular complexity index is 563. The van der Waals surface area contributed by atoms with Gasteiger partial charge >= 0.3 is 6.09 Å². The number of rotatable bonds is 4. The maximum absolute atomic E-state index is 11.7. The Kier molecular flexibility index (Phi) is 9.01. The van der Waals surface area contributed by atoms with E-state index < -0.39 is 0 Å². The van der Waals surface area contributed by atoms with Gasteiger partial charge in [-0.25, -0.2) is 4.79 Å². The van der Waals surface area contributed by atoms with E-state index in [0.717, 1.165) is 49.0 Å². The molecule has 1 fully saturated rings. The summed E-state index contributed by atoms with van der Waals surface area (Å²) in [5, 5.41) is 7.34. The van der Waals surface area contributed by atoms with Crippen LogP contribution < -0.4 is 5.32 Å². The molecule has 25 heavy (non-hydrogen) atoms. The zero-order valence-corrected chi connectivity index (χ0v) is 17.7. The van der Waals surface area contributed by atoms with Gasteiger partial charge in [0.15, 0.2) is 5.96 Å². The van der Waals surface area contributed by atoms with Gasteiger partial charge in [0.1, 0.15) is 5.76 Å². The quantitative estimate of drug-likeness (QED) is 0.415. The number of carbonyl (C=O) groups is 1. The van der Waals surface area contributed by atoms with E-state index in [0.29, 0.717) is 19.7 Å². The number of piperazine rings is 1. The van der Waals surface area contributed by atoms with E-state index in [1.807, 2.05) is 20.8 Å². The van der Waals surface area contributed by atoms with Gasteiger partial charge in [-0.1, -0.05) is 5.16 Å². The zero-order chi connectivity index (χ0) is 17.5. The molecule has 9 heteroatoms. The highest BCUT2D eigenvalue weighted by atomic mass is 127. The lowest BCUT2D eigenvalue weighted by Crippen LogP contribution is -2.54. The third kappa shape index (κ3) is 5.75. The molecule has 1 aliphatic rings. The molecule has 8 nitrogen and oxygen atoms in total. The summed E-state index contributed by atoms with van der Waals surface area (Å²) in [6.07, 6.45) is 0.599. The van der Waals surface area contributed by atoms with Gasteiger partial charge in [0.05, 0.1) is 12.3 Å². The van der Waals surface area contributed by atoms with E-state index in [1.165, 1.54) is 0 Å². The molecule has 1 aliphatic heterocycles. The minimum Gasteiger partial charge on any atom is -0.450 e. The molecular formula is C16H28IN5O3. The fourth-order valence-electron chi connectivity index (χ4n) is 2.81. The lowest BCUT2D eigenvalue weighted by Gasteiger charge is -2.35. The molecule has 0 radical (unpaired) electrons. The third-order valence-corrected chi connectivity index (χ3v) is 4.16. The SMILES string of the molecule is CCOC(=O)N1CCN(C(=NC)NCCc2c(C)noc2C)CC1.I. The fourth-order valence-corrected chi connectivity index (χ4v) is 2.81. The van der Waals surface area contributed by atoms with Crippen molar-refractivity contribution >= 4 is 36.0 Å². The van der Waals surface area contributed by atoms with Crippen LogP contribution in [0.2, 0.25) is 0 Å². The molecule has 2 rings (SSSR count). The molecule has 0 spiro atoms. The number of ether oxygens (including phenoxy) is 1. The number of hydrogen-bond acceptors (Lipinski definition) is 5. The van der Waals surface area contributed by atoms with Crippen molar-refractivity contribution in [3.05, 3.63) is 17.0 Å². The van der Waals surface area contributed by atoms with Gasteiger partial charge in [-0.2, -0.15) is 0 Å². The summed E-state index contributed by atoms with van der Waals surface area (Å²) in [7, 11) is 1.77. The second kappa shape index (κ2) is 10.5. The maximum atomic E-state index is 11.7. The largest absolute Gasteiger partial charge is 0.450 e. The van der Waals surface area contributed by atoms with Crippen LogP contribution in [0.15, 0.2) is 9.52 Å². The Morgan fingerprint density at radius 2 is 1.92 bits per heavy atom. The van der Waals surface area contributed by atoms with E-state index in [4.69, 9.17) is 9.26 Å². The number of amides is 1. The van der Waals surface area contributed by atoms with Crippen molar-refractivity contribution in [2.75, 3.05) is 46.4 Å². The Morgan fingerprint density at radius 1 is 1.28 bits per heavy atom. The van der Waals surface area contributed by atoms with Gasteiger partial charge < -0.3 is 24.4 Å². The van der Waals surface area contributed by atoms with Gasteiger partial charge in [0.25, 0.3) is 0 Å². The molecule has 0 aliphatic carbocycles. The first-order valence-corrected chi connectivity index (χ1v) is 8.35. The highest BCUT2D eigenvalue weighted by Crippen LogP contribution is 2.12. The highest BCUT2D eigenvalue weighted by Gasteiger charge is 2.23. The number of nitrogens with one attached hydrogen (secondary N) is 1. The number of carbonyl (C=O) groups excluding carboxylic acids is 1. The Hall–Kier alpha value is -1.52. The van der Waals surface area contributed by atoms with Crippen LogP contribution in [-0.2, 0) is 11.2 Å². The van der Waals surface area contributed by atoms with Crippen LogP contribution >= 0.6 is 24.0 Å². The van der Waals surface area contributed by atoms with E-state index in [-0.39, 0.29) is 30.1 Å². The van der Waals surface area contributed by atoms with Crippen molar-refractivity contribution in [2.45, 2.75) is 27.2 Å². The summed E-state index contributed by atoms with van der Waals surface area (Å²) in [6, 6.07) is 0. The van der Waals surface area contributed by atoms with Crippen molar-refractivity contribution in [2.24, 2.45) is 4.99 Å². The second-order valence-corrected chi connectivity index (χ2v) is 5.70. The van der Waals surface area contributed by atoms with Crippen LogP contribution in [-0.4, -0.2) is 73.4 Å². The molecule has 1 amide bonds. The molecular weight excluding hydrogens is 437 g/mol. The Labute approximate surface area is 166 Å². The van der Waals surface area contributed by atoms with Gasteiger partial charge in [-0.3, -0.25) is 4.99 Å². The molecule has 0 saturated carbocycles. The summed E-state index contributed by atoms with van der Waals surface area (Å²) in [4.78, 5) is 20.0. The van der Waals surface area contributed by atoms with E-state index in [1.54, 1.807) is 11.9 Å². The molecule has 0 unspecified atom stereocenters. The van der Waals surface area contributed by atoms with Gasteiger partial charge in [-0.15, -0.1) is 24.0 Å². The van der Waals surface area contributed by atoms with Gasteiger partial charge in [0, 0.05) is 45.3 Å². The summed E-state index contributed by atoms with van der Waals surface area (Å²) in [5.74, 6) is 1.72. The van der Waals surface area contributed by atoms with Crippen LogP contribution in [0.4, 0.5) is 4.79 Å². The van der Waals surface area contributed by atoms with Crippen molar-refractivity contribution in [1.82, 2.24) is 20.3 Å². The van der Waals surface area contributed by atoms with Gasteiger partial charge in [0.2, 0.25) is 0 Å². The number of guanidine groups is 1. The molecule has 1 aromatic heterocycles. The summed E-state index contributed by atoms with van der Waals surface area (Å²) < 4.78 is 10.2. The molecule has 1 saturated heterocycles. The molecule has 1 aromatic rings. The van der Waals surface area contributed by atoms with E-state index in [9.17, 15) is 4.79 Å². The van der Waals surface area contributed by atoms with E-state index in [2.05, 4.69) is 20.4 Å². The second-order valence-electron chi connectivity index (χ2n) is 5.70. The first kappa shape index (κ1) is 21.5. The molecule has 142 valence electrons.